The Bertz CT molecular complexity index is 1620. The monoisotopic (exact) mass is 617 g/mol. The van der Waals surface area contributed by atoms with Crippen molar-refractivity contribution in [1.29, 1.82) is 5.26 Å². The molecule has 3 aliphatic heterocycles. The number of rotatable bonds is 7. The van der Waals surface area contributed by atoms with Gasteiger partial charge in [-0.2, -0.15) is 5.26 Å². The molecule has 3 saturated heterocycles. The standard InChI is InChI=1S/C31H32BrN5O4/c1-18-19(2)30(38)35(3)16-25(18)20-10-27(40-4)26(28(11-20)41-5)17-37-23-12-24(37)15-36(14-23)31(39)21(13-33)9-22-7-6-8-29(32)34-22/h6-11,16,23-24H,12,14-15,17H2,1-5H3/b21-9+. The molecule has 0 radical (unpaired) electrons. The molecule has 3 fully saturated rings. The van der Waals surface area contributed by atoms with Crippen molar-refractivity contribution >= 4 is 27.9 Å². The number of carbonyl (C=O) groups excluding carboxylic acids is 1. The van der Waals surface area contributed by atoms with Gasteiger partial charge in [-0.15, -0.1) is 0 Å². The quantitative estimate of drug-likeness (QED) is 0.222. The molecule has 10 heteroatoms. The van der Waals surface area contributed by atoms with Crippen LogP contribution in [-0.2, 0) is 18.4 Å². The zero-order valence-corrected chi connectivity index (χ0v) is 25.4. The van der Waals surface area contributed by atoms with Crippen molar-refractivity contribution in [3.63, 3.8) is 0 Å². The molecule has 2 unspecified atom stereocenters. The summed E-state index contributed by atoms with van der Waals surface area (Å²) in [5.74, 6) is 1.14. The van der Waals surface area contributed by atoms with Crippen molar-refractivity contribution in [2.75, 3.05) is 27.3 Å². The number of piperazine rings is 1. The minimum atomic E-state index is -0.272. The molecule has 0 spiro atoms. The zero-order chi connectivity index (χ0) is 29.4. The van der Waals surface area contributed by atoms with E-state index in [9.17, 15) is 14.9 Å². The topological polar surface area (TPSA) is 101 Å². The van der Waals surface area contributed by atoms with Gasteiger partial charge in [-0.05, 0) is 77.7 Å². The normalized spacial score (nSPS) is 18.5. The lowest BCUT2D eigenvalue weighted by atomic mass is 9.86. The first-order valence-corrected chi connectivity index (χ1v) is 14.2. The largest absolute Gasteiger partial charge is 0.496 e. The van der Waals surface area contributed by atoms with Crippen LogP contribution in [0.3, 0.4) is 0 Å². The maximum atomic E-state index is 13.2. The van der Waals surface area contributed by atoms with Gasteiger partial charge >= 0.3 is 0 Å². The number of pyridine rings is 2. The molecule has 9 nitrogen and oxygen atoms in total. The average Bonchev–Trinajstić information content (AvgIpc) is 2.98. The van der Waals surface area contributed by atoms with Gasteiger partial charge in [0.2, 0.25) is 0 Å². The molecule has 0 aliphatic carbocycles. The second-order valence-electron chi connectivity index (χ2n) is 10.5. The maximum Gasteiger partial charge on any atom is 0.264 e. The fourth-order valence-corrected chi connectivity index (χ4v) is 6.18. The third-order valence-corrected chi connectivity index (χ3v) is 8.64. The molecule has 2 bridgehead atoms. The van der Waals surface area contributed by atoms with E-state index in [4.69, 9.17) is 9.47 Å². The van der Waals surface area contributed by atoms with Crippen LogP contribution in [0.5, 0.6) is 11.5 Å². The van der Waals surface area contributed by atoms with Crippen LogP contribution in [0.25, 0.3) is 17.2 Å². The number of amides is 1. The van der Waals surface area contributed by atoms with Gasteiger partial charge in [0.25, 0.3) is 11.5 Å². The van der Waals surface area contributed by atoms with E-state index in [1.807, 2.05) is 38.2 Å². The summed E-state index contributed by atoms with van der Waals surface area (Å²) in [7, 11) is 5.05. The van der Waals surface area contributed by atoms with Gasteiger partial charge in [-0.3, -0.25) is 14.5 Å². The molecular formula is C31H32BrN5O4. The van der Waals surface area contributed by atoms with Crippen LogP contribution >= 0.6 is 15.9 Å². The lowest BCUT2D eigenvalue weighted by molar-refractivity contribution is -0.140. The van der Waals surface area contributed by atoms with Crippen LogP contribution in [0.4, 0.5) is 0 Å². The number of halogens is 1. The minimum Gasteiger partial charge on any atom is -0.496 e. The Morgan fingerprint density at radius 3 is 2.39 bits per heavy atom. The highest BCUT2D eigenvalue weighted by atomic mass is 79.9. The number of ether oxygens (including phenoxy) is 2. The molecule has 6 rings (SSSR count). The van der Waals surface area contributed by atoms with Crippen LogP contribution < -0.4 is 15.0 Å². The van der Waals surface area contributed by atoms with Gasteiger partial charge in [0.05, 0.1) is 25.5 Å². The summed E-state index contributed by atoms with van der Waals surface area (Å²) < 4.78 is 13.9. The number of aromatic nitrogens is 2. The van der Waals surface area contributed by atoms with Gasteiger partial charge in [-0.1, -0.05) is 6.07 Å². The number of hydrogen-bond acceptors (Lipinski definition) is 7. The van der Waals surface area contributed by atoms with E-state index < -0.39 is 0 Å². The Kier molecular flexibility index (Phi) is 8.02. The van der Waals surface area contributed by atoms with E-state index in [0.717, 1.165) is 28.7 Å². The highest BCUT2D eigenvalue weighted by Crippen LogP contribution is 2.41. The smallest absolute Gasteiger partial charge is 0.264 e. The minimum absolute atomic E-state index is 0.0131. The molecular weight excluding hydrogens is 586 g/mol. The summed E-state index contributed by atoms with van der Waals surface area (Å²) >= 11 is 3.33. The highest BCUT2D eigenvalue weighted by Gasteiger charge is 2.46. The third-order valence-electron chi connectivity index (χ3n) is 8.20. The van der Waals surface area contributed by atoms with Gasteiger partial charge in [0.15, 0.2) is 0 Å². The molecule has 5 heterocycles. The maximum absolute atomic E-state index is 13.2. The Morgan fingerprint density at radius 1 is 1.15 bits per heavy atom. The second kappa shape index (κ2) is 11.5. The van der Waals surface area contributed by atoms with Crippen molar-refractivity contribution in [3.05, 3.63) is 79.4 Å². The van der Waals surface area contributed by atoms with Crippen LogP contribution in [0.2, 0.25) is 0 Å². The first kappa shape index (κ1) is 28.6. The molecule has 1 aromatic carbocycles. The number of hydrogen-bond donors (Lipinski definition) is 0. The molecule has 1 amide bonds. The van der Waals surface area contributed by atoms with Gasteiger partial charge in [0.1, 0.15) is 27.7 Å². The molecule has 212 valence electrons. The van der Waals surface area contributed by atoms with Crippen molar-refractivity contribution < 1.29 is 14.3 Å². The lowest BCUT2D eigenvalue weighted by Gasteiger charge is -2.56. The van der Waals surface area contributed by atoms with Gasteiger partial charge in [0, 0.05) is 56.1 Å². The van der Waals surface area contributed by atoms with Gasteiger partial charge < -0.3 is 18.9 Å². The fourth-order valence-electron chi connectivity index (χ4n) is 5.82. The number of nitriles is 1. The molecule has 2 aromatic heterocycles. The number of fused-ring (bicyclic) bond motifs is 2. The number of aryl methyl sites for hydroxylation is 1. The molecule has 3 aromatic rings. The number of nitrogens with zero attached hydrogens (tertiary/aromatic N) is 5. The summed E-state index contributed by atoms with van der Waals surface area (Å²) in [6.45, 7) is 5.49. The lowest BCUT2D eigenvalue weighted by Crippen LogP contribution is -2.68. The highest BCUT2D eigenvalue weighted by molar-refractivity contribution is 9.10. The van der Waals surface area contributed by atoms with E-state index in [1.54, 1.807) is 42.9 Å². The molecule has 2 atom stereocenters. The van der Waals surface area contributed by atoms with Crippen molar-refractivity contribution in [2.45, 2.75) is 38.9 Å². The fraction of sp³-hybridized carbons (Fsp3) is 0.355. The number of piperidine rings is 1. The van der Waals surface area contributed by atoms with E-state index >= 15 is 0 Å². The zero-order valence-electron chi connectivity index (χ0n) is 23.8. The van der Waals surface area contributed by atoms with Crippen LogP contribution in [0.1, 0.15) is 28.8 Å². The second-order valence-corrected chi connectivity index (χ2v) is 11.4. The van der Waals surface area contributed by atoms with Crippen molar-refractivity contribution in [2.24, 2.45) is 7.05 Å². The van der Waals surface area contributed by atoms with Crippen molar-refractivity contribution in [1.82, 2.24) is 19.4 Å². The predicted octanol–water partition coefficient (Wildman–Crippen LogP) is 4.24. The Hall–Kier alpha value is -3.94. The Labute approximate surface area is 247 Å². The Balaban J connectivity index is 1.36. The summed E-state index contributed by atoms with van der Waals surface area (Å²) in [4.78, 5) is 34.1. The Morgan fingerprint density at radius 2 is 1.80 bits per heavy atom. The first-order valence-electron chi connectivity index (χ1n) is 13.4. The van der Waals surface area contributed by atoms with Crippen LogP contribution in [0.15, 0.2) is 51.5 Å². The van der Waals surface area contributed by atoms with Crippen LogP contribution in [0, 0.1) is 25.2 Å². The predicted molar refractivity (Wildman–Crippen MR) is 160 cm³/mol. The van der Waals surface area contributed by atoms with E-state index in [2.05, 4.69) is 31.9 Å². The summed E-state index contributed by atoms with van der Waals surface area (Å²) in [6, 6.07) is 11.8. The third kappa shape index (κ3) is 5.39. The average molecular weight is 619 g/mol. The number of methoxy groups -OCH3 is 2. The van der Waals surface area contributed by atoms with Gasteiger partial charge in [-0.25, -0.2) is 4.98 Å². The summed E-state index contributed by atoms with van der Waals surface area (Å²) in [6.07, 6.45) is 4.37. The molecule has 0 N–H and O–H groups in total. The van der Waals surface area contributed by atoms with E-state index in [0.29, 0.717) is 47.0 Å². The van der Waals surface area contributed by atoms with E-state index in [-0.39, 0.29) is 29.1 Å². The van der Waals surface area contributed by atoms with Crippen LogP contribution in [-0.4, -0.2) is 64.7 Å². The molecule has 3 aliphatic rings. The molecule has 41 heavy (non-hydrogen) atoms. The van der Waals surface area contributed by atoms with Crippen molar-refractivity contribution in [3.8, 4) is 28.7 Å². The first-order chi connectivity index (χ1) is 19.6. The summed E-state index contributed by atoms with van der Waals surface area (Å²) in [5, 5.41) is 9.70. The number of benzene rings is 1. The SMILES string of the molecule is COc1cc(-c2cn(C)c(=O)c(C)c2C)cc(OC)c1CN1C2CC1CN(C(=O)/C(C#N)=C/c1cccc(Br)n1)C2. The molecule has 0 saturated carbocycles. The summed E-state index contributed by atoms with van der Waals surface area (Å²) in [5.41, 5.74) is 5.05. The van der Waals surface area contributed by atoms with E-state index in [1.165, 1.54) is 6.08 Å². The number of carbonyl (C=O) groups is 1.